The van der Waals surface area contributed by atoms with Crippen LogP contribution < -0.4 is 0 Å². The smallest absolute Gasteiger partial charge is 0.255 e. The summed E-state index contributed by atoms with van der Waals surface area (Å²) >= 11 is 0. The Bertz CT molecular complexity index is 287. The van der Waals surface area contributed by atoms with Gasteiger partial charge in [0.15, 0.2) is 0 Å². The lowest BCUT2D eigenvalue weighted by molar-refractivity contribution is 1.38. The summed E-state index contributed by atoms with van der Waals surface area (Å²) in [6, 6.07) is 4.79. The van der Waals surface area contributed by atoms with Gasteiger partial charge in [0.25, 0.3) is 11.6 Å². The Morgan fingerprint density at radius 1 is 1.10 bits per heavy atom. The van der Waals surface area contributed by atoms with Crippen molar-refractivity contribution in [2.75, 3.05) is 0 Å². The topological polar surface area (TPSA) is 21.6 Å². The van der Waals surface area contributed by atoms with Crippen molar-refractivity contribution in [1.82, 2.24) is 4.98 Å². The largest absolute Gasteiger partial charge is 0.362 e. The summed E-state index contributed by atoms with van der Waals surface area (Å²) in [4.78, 5) is 9.85. The molecule has 0 bridgehead atoms. The van der Waals surface area contributed by atoms with Gasteiger partial charge in [0.05, 0.1) is 0 Å². The van der Waals surface area contributed by atoms with Crippen molar-refractivity contribution in [3.8, 4) is 0 Å². The first kappa shape index (κ1) is 6.25. The van der Waals surface area contributed by atoms with E-state index in [-0.39, 0.29) is 11.6 Å². The van der Waals surface area contributed by atoms with Crippen LogP contribution in [0.5, 0.6) is 0 Å². The molecule has 0 radical (unpaired) electrons. The Labute approximate surface area is 58.6 Å². The van der Waals surface area contributed by atoms with Gasteiger partial charge < -0.3 is 9.69 Å². The molecular formula is C7H3N3. The molecule has 0 aliphatic carbocycles. The van der Waals surface area contributed by atoms with Crippen molar-refractivity contribution in [2.45, 2.75) is 0 Å². The van der Waals surface area contributed by atoms with Gasteiger partial charge in [-0.2, -0.15) is 4.98 Å². The van der Waals surface area contributed by atoms with Gasteiger partial charge in [0.1, 0.15) is 0 Å². The van der Waals surface area contributed by atoms with Crippen LogP contribution in [0.15, 0.2) is 18.2 Å². The second-order valence-corrected chi connectivity index (χ2v) is 1.58. The highest BCUT2D eigenvalue weighted by Gasteiger charge is 1.91. The summed E-state index contributed by atoms with van der Waals surface area (Å²) in [5, 5.41) is 0. The number of pyridine rings is 1. The monoisotopic (exact) mass is 129 g/mol. The molecule has 0 saturated carbocycles. The maximum absolute atomic E-state index is 6.58. The fourth-order valence-electron chi connectivity index (χ4n) is 0.537. The Kier molecular flexibility index (Phi) is 1.63. The Morgan fingerprint density at radius 2 is 1.60 bits per heavy atom. The van der Waals surface area contributed by atoms with Crippen LogP contribution in [-0.2, 0) is 0 Å². The zero-order valence-corrected chi connectivity index (χ0v) is 5.07. The van der Waals surface area contributed by atoms with Crippen LogP contribution in [0.4, 0.5) is 11.6 Å². The van der Waals surface area contributed by atoms with E-state index in [1.54, 1.807) is 18.2 Å². The molecular weight excluding hydrogens is 126 g/mol. The predicted octanol–water partition coefficient (Wildman–Crippen LogP) is 2.18. The second kappa shape index (κ2) is 2.61. The van der Waals surface area contributed by atoms with E-state index in [1.807, 2.05) is 0 Å². The fraction of sp³-hybridized carbons (Fsp3) is 0. The molecule has 0 unspecified atom stereocenters. The van der Waals surface area contributed by atoms with Gasteiger partial charge >= 0.3 is 0 Å². The van der Waals surface area contributed by atoms with Gasteiger partial charge in [-0.05, 0) is 12.1 Å². The first-order valence-corrected chi connectivity index (χ1v) is 2.59. The summed E-state index contributed by atoms with van der Waals surface area (Å²) in [5.41, 5.74) is 0. The highest BCUT2D eigenvalue weighted by atomic mass is 14.9. The third-order valence-corrected chi connectivity index (χ3v) is 0.949. The van der Waals surface area contributed by atoms with Gasteiger partial charge in [-0.3, -0.25) is 0 Å². The summed E-state index contributed by atoms with van der Waals surface area (Å²) in [6.45, 7) is 13.2. The molecule has 46 valence electrons. The van der Waals surface area contributed by atoms with Crippen molar-refractivity contribution in [3.63, 3.8) is 0 Å². The normalized spacial score (nSPS) is 7.80. The minimum atomic E-state index is 0.272. The first-order chi connectivity index (χ1) is 4.86. The lowest BCUT2D eigenvalue weighted by Gasteiger charge is -1.88. The molecule has 0 aliphatic rings. The van der Waals surface area contributed by atoms with Crippen LogP contribution >= 0.6 is 0 Å². The van der Waals surface area contributed by atoms with Gasteiger partial charge in [0, 0.05) is 0 Å². The van der Waals surface area contributed by atoms with Crippen LogP contribution in [-0.4, -0.2) is 4.98 Å². The van der Waals surface area contributed by atoms with E-state index in [0.717, 1.165) is 0 Å². The maximum atomic E-state index is 6.58. The average molecular weight is 129 g/mol. The molecule has 3 heteroatoms. The van der Waals surface area contributed by atoms with Crippen molar-refractivity contribution in [3.05, 3.63) is 41.0 Å². The minimum Gasteiger partial charge on any atom is -0.362 e. The molecule has 0 atom stereocenters. The SMILES string of the molecule is [C-]#[N+]c1cccc([N+]#[C-])n1. The highest BCUT2D eigenvalue weighted by molar-refractivity contribution is 5.45. The molecule has 0 spiro atoms. The Balaban J connectivity index is 3.17. The van der Waals surface area contributed by atoms with E-state index in [2.05, 4.69) is 14.7 Å². The van der Waals surface area contributed by atoms with Crippen molar-refractivity contribution in [1.29, 1.82) is 0 Å². The molecule has 0 amide bonds. The summed E-state index contributed by atoms with van der Waals surface area (Å²) in [6.07, 6.45) is 0. The third-order valence-electron chi connectivity index (χ3n) is 0.949. The van der Waals surface area contributed by atoms with Crippen LogP contribution in [0.25, 0.3) is 9.69 Å². The molecule has 0 fully saturated rings. The lowest BCUT2D eigenvalue weighted by atomic mass is 10.4. The molecule has 10 heavy (non-hydrogen) atoms. The number of rotatable bonds is 0. The van der Waals surface area contributed by atoms with E-state index in [1.165, 1.54) is 0 Å². The molecule has 0 aromatic carbocycles. The van der Waals surface area contributed by atoms with Crippen LogP contribution in [0.3, 0.4) is 0 Å². The summed E-state index contributed by atoms with van der Waals surface area (Å²) < 4.78 is 0. The van der Waals surface area contributed by atoms with E-state index >= 15 is 0 Å². The van der Waals surface area contributed by atoms with Crippen molar-refractivity contribution in [2.24, 2.45) is 0 Å². The zero-order chi connectivity index (χ0) is 7.40. The Morgan fingerprint density at radius 3 is 2.00 bits per heavy atom. The van der Waals surface area contributed by atoms with Crippen LogP contribution in [0.2, 0.25) is 0 Å². The molecule has 0 saturated heterocycles. The molecule has 3 nitrogen and oxygen atoms in total. The van der Waals surface area contributed by atoms with Crippen LogP contribution in [0, 0.1) is 13.1 Å². The quantitative estimate of drug-likeness (QED) is 0.492. The molecule has 1 heterocycles. The van der Waals surface area contributed by atoms with Gasteiger partial charge in [-0.25, -0.2) is 0 Å². The van der Waals surface area contributed by atoms with E-state index in [9.17, 15) is 0 Å². The van der Waals surface area contributed by atoms with Crippen molar-refractivity contribution < 1.29 is 0 Å². The zero-order valence-electron chi connectivity index (χ0n) is 5.07. The van der Waals surface area contributed by atoms with Crippen molar-refractivity contribution >= 4 is 11.6 Å². The second-order valence-electron chi connectivity index (χ2n) is 1.58. The number of aromatic nitrogens is 1. The molecule has 0 aliphatic heterocycles. The minimum absolute atomic E-state index is 0.272. The summed E-state index contributed by atoms with van der Waals surface area (Å²) in [7, 11) is 0. The number of hydrogen-bond donors (Lipinski definition) is 0. The van der Waals surface area contributed by atoms with E-state index in [4.69, 9.17) is 13.1 Å². The Hall–Kier alpha value is -1.87. The highest BCUT2D eigenvalue weighted by Crippen LogP contribution is 2.13. The fourth-order valence-corrected chi connectivity index (χ4v) is 0.537. The van der Waals surface area contributed by atoms with Crippen LogP contribution in [0.1, 0.15) is 0 Å². The van der Waals surface area contributed by atoms with E-state index in [0.29, 0.717) is 0 Å². The average Bonchev–Trinajstić information content (AvgIpc) is 2.05. The van der Waals surface area contributed by atoms with Gasteiger partial charge in [-0.1, -0.05) is 19.2 Å². The lowest BCUT2D eigenvalue weighted by Crippen LogP contribution is -1.68. The molecule has 1 aromatic heterocycles. The third kappa shape index (κ3) is 1.10. The standard InChI is InChI=1S/C7H3N3/c1-8-6-4-3-5-7(9-2)10-6/h3-5H. The predicted molar refractivity (Wildman–Crippen MR) is 36.8 cm³/mol. The molecule has 0 N–H and O–H groups in total. The van der Waals surface area contributed by atoms with Gasteiger partial charge in [0.2, 0.25) is 0 Å². The van der Waals surface area contributed by atoms with Gasteiger partial charge in [-0.15, -0.1) is 0 Å². The first-order valence-electron chi connectivity index (χ1n) is 2.59. The maximum Gasteiger partial charge on any atom is 0.255 e. The number of hydrogen-bond acceptors (Lipinski definition) is 1. The number of nitrogens with zero attached hydrogens (tertiary/aromatic N) is 3. The molecule has 1 aromatic rings. The molecule has 1 rings (SSSR count). The summed E-state index contributed by atoms with van der Waals surface area (Å²) in [5.74, 6) is 0.544. The van der Waals surface area contributed by atoms with E-state index < -0.39 is 0 Å².